The largest absolute Gasteiger partial charge is 0.464 e. The number of nitrogens with zero attached hydrogens (tertiary/aromatic N) is 2. The lowest BCUT2D eigenvalue weighted by atomic mass is 10.1. The Hall–Kier alpha value is -1.62. The number of methoxy groups -OCH3 is 1. The Morgan fingerprint density at radius 2 is 2.41 bits per heavy atom. The van der Waals surface area contributed by atoms with Gasteiger partial charge in [-0.05, 0) is 19.1 Å². The fourth-order valence-corrected chi connectivity index (χ4v) is 1.96. The van der Waals surface area contributed by atoms with Crippen LogP contribution in [0.2, 0.25) is 0 Å². The minimum atomic E-state index is -0.394. The summed E-state index contributed by atoms with van der Waals surface area (Å²) in [6, 6.07) is 4.22. The average molecular weight is 235 g/mol. The number of carbonyl (C=O) groups excluding carboxylic acids is 1. The first-order chi connectivity index (χ1) is 8.26. The maximum atomic E-state index is 11.4. The van der Waals surface area contributed by atoms with Crippen LogP contribution in [0.3, 0.4) is 0 Å². The number of hydrogen-bond donors (Lipinski definition) is 1. The van der Waals surface area contributed by atoms with Crippen molar-refractivity contribution in [1.29, 1.82) is 0 Å². The van der Waals surface area contributed by atoms with E-state index in [1.165, 1.54) is 7.11 Å². The van der Waals surface area contributed by atoms with E-state index in [9.17, 15) is 4.79 Å². The molecule has 0 aliphatic carbocycles. The van der Waals surface area contributed by atoms with E-state index in [0.29, 0.717) is 11.7 Å². The van der Waals surface area contributed by atoms with Gasteiger partial charge in [0.1, 0.15) is 5.69 Å². The molecule has 0 atom stereocenters. The number of pyridine rings is 1. The molecule has 1 aliphatic rings. The summed E-state index contributed by atoms with van der Waals surface area (Å²) in [4.78, 5) is 17.7. The van der Waals surface area contributed by atoms with Gasteiger partial charge in [-0.3, -0.25) is 0 Å². The summed E-state index contributed by atoms with van der Waals surface area (Å²) in [6.07, 6.45) is 1.65. The molecule has 5 nitrogen and oxygen atoms in total. The maximum absolute atomic E-state index is 11.4. The van der Waals surface area contributed by atoms with Gasteiger partial charge in [0.2, 0.25) is 0 Å². The topological polar surface area (TPSA) is 54.5 Å². The number of rotatable bonds is 4. The molecule has 0 radical (unpaired) electrons. The predicted molar refractivity (Wildman–Crippen MR) is 65.3 cm³/mol. The number of esters is 1. The van der Waals surface area contributed by atoms with Gasteiger partial charge in [-0.15, -0.1) is 0 Å². The zero-order valence-electron chi connectivity index (χ0n) is 10.1. The summed E-state index contributed by atoms with van der Waals surface area (Å²) in [5, 5.41) is 3.25. The van der Waals surface area contributed by atoms with Crippen LogP contribution < -0.4 is 10.2 Å². The number of likely N-dealkylation sites (N-methyl/N-ethyl adjacent to an activating group) is 1. The van der Waals surface area contributed by atoms with E-state index in [1.807, 2.05) is 6.07 Å². The van der Waals surface area contributed by atoms with Crippen LogP contribution in [0.5, 0.6) is 0 Å². The van der Waals surface area contributed by atoms with Crippen LogP contribution in [0.1, 0.15) is 17.4 Å². The Morgan fingerprint density at radius 3 is 2.94 bits per heavy atom. The number of anilines is 1. The molecule has 0 amide bonds. The van der Waals surface area contributed by atoms with Gasteiger partial charge in [0.25, 0.3) is 0 Å². The first kappa shape index (κ1) is 11.9. The van der Waals surface area contributed by atoms with Gasteiger partial charge < -0.3 is 15.0 Å². The average Bonchev–Trinajstić information content (AvgIpc) is 2.32. The molecule has 0 aromatic carbocycles. The van der Waals surface area contributed by atoms with Crippen LogP contribution in [0, 0.1) is 0 Å². The van der Waals surface area contributed by atoms with Gasteiger partial charge in [-0.25, -0.2) is 9.78 Å². The maximum Gasteiger partial charge on any atom is 0.356 e. The van der Waals surface area contributed by atoms with E-state index in [4.69, 9.17) is 0 Å². The van der Waals surface area contributed by atoms with Gasteiger partial charge in [-0.1, -0.05) is 0 Å². The molecule has 1 aromatic heterocycles. The molecule has 1 aromatic rings. The van der Waals surface area contributed by atoms with Crippen LogP contribution >= 0.6 is 0 Å². The van der Waals surface area contributed by atoms with Crippen molar-refractivity contribution >= 4 is 11.7 Å². The molecule has 17 heavy (non-hydrogen) atoms. The monoisotopic (exact) mass is 235 g/mol. The highest BCUT2D eigenvalue weighted by atomic mass is 16.5. The molecule has 0 bridgehead atoms. The summed E-state index contributed by atoms with van der Waals surface area (Å²) in [6.45, 7) is 5.00. The highest BCUT2D eigenvalue weighted by Crippen LogP contribution is 2.19. The zero-order valence-corrected chi connectivity index (χ0v) is 10.1. The Labute approximate surface area is 101 Å². The molecular weight excluding hydrogens is 218 g/mol. The van der Waals surface area contributed by atoms with Crippen LogP contribution in [-0.4, -0.2) is 43.7 Å². The van der Waals surface area contributed by atoms with Crippen molar-refractivity contribution in [2.24, 2.45) is 0 Å². The minimum Gasteiger partial charge on any atom is -0.464 e. The fourth-order valence-electron chi connectivity index (χ4n) is 1.96. The molecule has 1 aliphatic heterocycles. The number of carbonyl (C=O) groups is 1. The SMILES string of the molecule is CCN(c1ccnc(C(=O)OC)c1)C1CNC1. The van der Waals surface area contributed by atoms with E-state index in [2.05, 4.69) is 26.9 Å². The first-order valence-electron chi connectivity index (χ1n) is 5.78. The summed E-state index contributed by atoms with van der Waals surface area (Å²) in [7, 11) is 1.37. The number of aromatic nitrogens is 1. The Kier molecular flexibility index (Phi) is 3.58. The molecule has 0 spiro atoms. The smallest absolute Gasteiger partial charge is 0.356 e. The van der Waals surface area contributed by atoms with Crippen LogP contribution in [0.4, 0.5) is 5.69 Å². The first-order valence-corrected chi connectivity index (χ1v) is 5.78. The summed E-state index contributed by atoms with van der Waals surface area (Å²) in [5.41, 5.74) is 1.38. The normalized spacial score (nSPS) is 15.2. The summed E-state index contributed by atoms with van der Waals surface area (Å²) in [5.74, 6) is -0.394. The van der Waals surface area contributed by atoms with Crippen molar-refractivity contribution in [2.45, 2.75) is 13.0 Å². The van der Waals surface area contributed by atoms with Gasteiger partial charge >= 0.3 is 5.97 Å². The third-order valence-corrected chi connectivity index (χ3v) is 3.01. The minimum absolute atomic E-state index is 0.357. The standard InChI is InChI=1S/C12H17N3O2/c1-3-15(10-7-13-8-10)9-4-5-14-11(6-9)12(16)17-2/h4-6,10,13H,3,7-8H2,1-2H3. The highest BCUT2D eigenvalue weighted by molar-refractivity contribution is 5.88. The molecule has 0 saturated carbocycles. The van der Waals surface area contributed by atoms with E-state index in [1.54, 1.807) is 12.3 Å². The fraction of sp³-hybridized carbons (Fsp3) is 0.500. The molecular formula is C12H17N3O2. The van der Waals surface area contributed by atoms with Crippen molar-refractivity contribution in [3.63, 3.8) is 0 Å². The third-order valence-electron chi connectivity index (χ3n) is 3.01. The second kappa shape index (κ2) is 5.14. The molecule has 1 saturated heterocycles. The van der Waals surface area contributed by atoms with E-state index < -0.39 is 5.97 Å². The number of hydrogen-bond acceptors (Lipinski definition) is 5. The van der Waals surface area contributed by atoms with E-state index in [-0.39, 0.29) is 0 Å². The quantitative estimate of drug-likeness (QED) is 0.777. The van der Waals surface area contributed by atoms with Gasteiger partial charge in [0.05, 0.1) is 13.2 Å². The van der Waals surface area contributed by atoms with Crippen LogP contribution in [0.15, 0.2) is 18.3 Å². The van der Waals surface area contributed by atoms with E-state index in [0.717, 1.165) is 25.3 Å². The second-order valence-electron chi connectivity index (χ2n) is 3.99. The predicted octanol–water partition coefficient (Wildman–Crippen LogP) is 0.666. The molecule has 1 N–H and O–H groups in total. The van der Waals surface area contributed by atoms with Crippen LogP contribution in [0.25, 0.3) is 0 Å². The van der Waals surface area contributed by atoms with Gasteiger partial charge in [0.15, 0.2) is 0 Å². The van der Waals surface area contributed by atoms with Crippen molar-refractivity contribution in [2.75, 3.05) is 31.6 Å². The zero-order chi connectivity index (χ0) is 12.3. The molecule has 2 rings (SSSR count). The Bertz CT molecular complexity index is 404. The van der Waals surface area contributed by atoms with Gasteiger partial charge in [-0.2, -0.15) is 0 Å². The Balaban J connectivity index is 2.21. The molecule has 92 valence electrons. The molecule has 2 heterocycles. The molecule has 5 heteroatoms. The lowest BCUT2D eigenvalue weighted by Gasteiger charge is -2.39. The van der Waals surface area contributed by atoms with Crippen molar-refractivity contribution in [3.8, 4) is 0 Å². The van der Waals surface area contributed by atoms with Crippen molar-refractivity contribution < 1.29 is 9.53 Å². The lowest BCUT2D eigenvalue weighted by molar-refractivity contribution is 0.0594. The number of nitrogens with one attached hydrogen (secondary N) is 1. The van der Waals surface area contributed by atoms with Crippen LogP contribution in [-0.2, 0) is 4.74 Å². The summed E-state index contributed by atoms with van der Waals surface area (Å²) < 4.78 is 4.67. The highest BCUT2D eigenvalue weighted by Gasteiger charge is 2.24. The van der Waals surface area contributed by atoms with Crippen molar-refractivity contribution in [3.05, 3.63) is 24.0 Å². The lowest BCUT2D eigenvalue weighted by Crippen LogP contribution is -2.57. The van der Waals surface area contributed by atoms with Crippen molar-refractivity contribution in [1.82, 2.24) is 10.3 Å². The number of ether oxygens (including phenoxy) is 1. The summed E-state index contributed by atoms with van der Waals surface area (Å²) >= 11 is 0. The molecule has 1 fully saturated rings. The Morgan fingerprint density at radius 1 is 1.65 bits per heavy atom. The second-order valence-corrected chi connectivity index (χ2v) is 3.99. The van der Waals surface area contributed by atoms with E-state index >= 15 is 0 Å². The van der Waals surface area contributed by atoms with Gasteiger partial charge in [0, 0.05) is 31.5 Å². The third kappa shape index (κ3) is 2.39. The molecule has 0 unspecified atom stereocenters.